The lowest BCUT2D eigenvalue weighted by atomic mass is 10.0. The molecule has 0 radical (unpaired) electrons. The quantitative estimate of drug-likeness (QED) is 0.712. The number of aliphatic carboxylic acids is 1. The molecule has 3 aromatic rings. The maximum absolute atomic E-state index is 11.0. The Morgan fingerprint density at radius 1 is 1.30 bits per heavy atom. The fraction of sp³-hybridized carbons (Fsp3) is 0.118. The molecule has 0 unspecified atom stereocenters. The SMILES string of the molecule is CNc1nc(-c2cccc3cccnc23)c(/C(C)=C/C(=O)O)s1. The zero-order chi connectivity index (χ0) is 16.4. The monoisotopic (exact) mass is 325 g/mol. The third kappa shape index (κ3) is 2.93. The molecule has 0 atom stereocenters. The van der Waals surface area contributed by atoms with E-state index in [9.17, 15) is 4.79 Å². The Bertz CT molecular complexity index is 910. The molecule has 1 aromatic carbocycles. The second kappa shape index (κ2) is 6.18. The van der Waals surface area contributed by atoms with Crippen molar-refractivity contribution in [2.75, 3.05) is 12.4 Å². The van der Waals surface area contributed by atoms with Gasteiger partial charge in [-0.25, -0.2) is 9.78 Å². The molecule has 0 aliphatic carbocycles. The summed E-state index contributed by atoms with van der Waals surface area (Å²) in [7, 11) is 1.80. The van der Waals surface area contributed by atoms with Crippen LogP contribution in [-0.2, 0) is 4.79 Å². The van der Waals surface area contributed by atoms with Crippen molar-refractivity contribution in [3.63, 3.8) is 0 Å². The number of nitrogens with one attached hydrogen (secondary N) is 1. The molecule has 0 fully saturated rings. The number of carbonyl (C=O) groups is 1. The van der Waals surface area contributed by atoms with Crippen LogP contribution in [0.15, 0.2) is 42.6 Å². The van der Waals surface area contributed by atoms with E-state index in [0.717, 1.165) is 32.2 Å². The fourth-order valence-electron chi connectivity index (χ4n) is 2.42. The van der Waals surface area contributed by atoms with E-state index in [1.165, 1.54) is 17.4 Å². The van der Waals surface area contributed by atoms with Crippen molar-refractivity contribution in [2.24, 2.45) is 0 Å². The highest BCUT2D eigenvalue weighted by Gasteiger charge is 2.17. The summed E-state index contributed by atoms with van der Waals surface area (Å²) in [5.41, 5.74) is 3.17. The minimum absolute atomic E-state index is 0.666. The van der Waals surface area contributed by atoms with Crippen LogP contribution >= 0.6 is 11.3 Å². The van der Waals surface area contributed by atoms with E-state index in [2.05, 4.69) is 15.3 Å². The number of rotatable bonds is 4. The average molecular weight is 325 g/mol. The summed E-state index contributed by atoms with van der Waals surface area (Å²) in [5.74, 6) is -0.969. The Kier molecular flexibility index (Phi) is 4.08. The Balaban J connectivity index is 2.26. The van der Waals surface area contributed by atoms with Gasteiger partial charge in [0, 0.05) is 30.3 Å². The van der Waals surface area contributed by atoms with E-state index >= 15 is 0 Å². The molecule has 0 spiro atoms. The molecule has 5 nitrogen and oxygen atoms in total. The van der Waals surface area contributed by atoms with Gasteiger partial charge in [-0.05, 0) is 18.6 Å². The van der Waals surface area contributed by atoms with E-state index in [-0.39, 0.29) is 0 Å². The van der Waals surface area contributed by atoms with Crippen molar-refractivity contribution in [3.8, 4) is 11.3 Å². The maximum Gasteiger partial charge on any atom is 0.328 e. The molecule has 0 aliphatic rings. The summed E-state index contributed by atoms with van der Waals surface area (Å²) in [6.45, 7) is 1.78. The standard InChI is InChI=1S/C17H15N3O2S/c1-10(9-13(21)22)16-15(20-17(18-2)23-16)12-7-3-5-11-6-4-8-19-14(11)12/h3-9H,1-2H3,(H,18,20)(H,21,22)/b10-9+. The Labute approximate surface area is 137 Å². The number of hydrogen-bond acceptors (Lipinski definition) is 5. The molecule has 3 rings (SSSR count). The van der Waals surface area contributed by atoms with Crippen LogP contribution in [0.5, 0.6) is 0 Å². The highest BCUT2D eigenvalue weighted by molar-refractivity contribution is 7.17. The number of benzene rings is 1. The minimum atomic E-state index is -0.969. The first-order valence-electron chi connectivity index (χ1n) is 7.04. The van der Waals surface area contributed by atoms with Gasteiger partial charge in [0.25, 0.3) is 0 Å². The van der Waals surface area contributed by atoms with Gasteiger partial charge in [-0.2, -0.15) is 0 Å². The van der Waals surface area contributed by atoms with E-state index < -0.39 is 5.97 Å². The van der Waals surface area contributed by atoms with E-state index in [0.29, 0.717) is 5.57 Å². The number of aromatic nitrogens is 2. The third-order valence-corrected chi connectivity index (χ3v) is 4.64. The van der Waals surface area contributed by atoms with Crippen LogP contribution in [0.3, 0.4) is 0 Å². The first kappa shape index (κ1) is 15.2. The number of allylic oxidation sites excluding steroid dienone is 1. The lowest BCUT2D eigenvalue weighted by Crippen LogP contribution is -1.92. The highest BCUT2D eigenvalue weighted by atomic mass is 32.1. The van der Waals surface area contributed by atoms with Crippen LogP contribution < -0.4 is 5.32 Å². The molecule has 0 amide bonds. The van der Waals surface area contributed by atoms with Crippen molar-refractivity contribution < 1.29 is 9.90 Å². The Hall–Kier alpha value is -2.73. The number of carboxylic acid groups (broad SMARTS) is 1. The Morgan fingerprint density at radius 3 is 2.83 bits per heavy atom. The predicted molar refractivity (Wildman–Crippen MR) is 93.7 cm³/mol. The Morgan fingerprint density at radius 2 is 2.09 bits per heavy atom. The molecule has 0 saturated carbocycles. The molecule has 2 aromatic heterocycles. The summed E-state index contributed by atoms with van der Waals surface area (Å²) in [6, 6.07) is 9.80. The number of hydrogen-bond donors (Lipinski definition) is 2. The largest absolute Gasteiger partial charge is 0.478 e. The van der Waals surface area contributed by atoms with Crippen molar-refractivity contribution in [3.05, 3.63) is 47.5 Å². The van der Waals surface area contributed by atoms with Gasteiger partial charge in [0.05, 0.1) is 16.1 Å². The molecule has 0 saturated heterocycles. The van der Waals surface area contributed by atoms with Gasteiger partial charge >= 0.3 is 5.97 Å². The van der Waals surface area contributed by atoms with Crippen LogP contribution in [0.1, 0.15) is 11.8 Å². The second-order valence-electron chi connectivity index (χ2n) is 4.99. The van der Waals surface area contributed by atoms with E-state index in [1.54, 1.807) is 20.2 Å². The molecular weight excluding hydrogens is 310 g/mol. The number of carboxylic acids is 1. The molecule has 6 heteroatoms. The van der Waals surface area contributed by atoms with Crippen molar-refractivity contribution in [1.82, 2.24) is 9.97 Å². The number of pyridine rings is 1. The summed E-state index contributed by atoms with van der Waals surface area (Å²) in [4.78, 5) is 20.9. The van der Waals surface area contributed by atoms with Crippen LogP contribution in [0.2, 0.25) is 0 Å². The molecule has 2 heterocycles. The number of nitrogens with zero attached hydrogens (tertiary/aromatic N) is 2. The molecule has 0 bridgehead atoms. The number of thiazole rings is 1. The number of fused-ring (bicyclic) bond motifs is 1. The van der Waals surface area contributed by atoms with Gasteiger partial charge < -0.3 is 10.4 Å². The van der Waals surface area contributed by atoms with Crippen LogP contribution in [-0.4, -0.2) is 28.1 Å². The zero-order valence-electron chi connectivity index (χ0n) is 12.7. The van der Waals surface area contributed by atoms with Gasteiger partial charge in [0.15, 0.2) is 5.13 Å². The highest BCUT2D eigenvalue weighted by Crippen LogP contribution is 2.38. The summed E-state index contributed by atoms with van der Waals surface area (Å²) in [6.07, 6.45) is 2.95. The smallest absolute Gasteiger partial charge is 0.328 e. The lowest BCUT2D eigenvalue weighted by Gasteiger charge is -2.06. The molecule has 2 N–H and O–H groups in total. The van der Waals surface area contributed by atoms with Gasteiger partial charge in [-0.3, -0.25) is 4.98 Å². The normalized spacial score (nSPS) is 11.7. The molecular formula is C17H15N3O2S. The van der Waals surface area contributed by atoms with Gasteiger partial charge in [0.1, 0.15) is 0 Å². The number of para-hydroxylation sites is 1. The predicted octanol–water partition coefficient (Wildman–Crippen LogP) is 3.89. The third-order valence-electron chi connectivity index (χ3n) is 3.43. The van der Waals surface area contributed by atoms with Crippen molar-refractivity contribution in [1.29, 1.82) is 0 Å². The lowest BCUT2D eigenvalue weighted by molar-refractivity contribution is -0.131. The van der Waals surface area contributed by atoms with Crippen LogP contribution in [0, 0.1) is 0 Å². The van der Waals surface area contributed by atoms with Gasteiger partial charge in [-0.1, -0.05) is 35.6 Å². The molecule has 116 valence electrons. The second-order valence-corrected chi connectivity index (χ2v) is 5.99. The average Bonchev–Trinajstić information content (AvgIpc) is 2.98. The van der Waals surface area contributed by atoms with E-state index in [1.807, 2.05) is 30.3 Å². The molecule has 23 heavy (non-hydrogen) atoms. The first-order chi connectivity index (χ1) is 11.1. The summed E-state index contributed by atoms with van der Waals surface area (Å²) in [5, 5.41) is 13.8. The van der Waals surface area contributed by atoms with Gasteiger partial charge in [0.2, 0.25) is 0 Å². The topological polar surface area (TPSA) is 75.1 Å². The van der Waals surface area contributed by atoms with Crippen LogP contribution in [0.25, 0.3) is 27.7 Å². The first-order valence-corrected chi connectivity index (χ1v) is 7.86. The van der Waals surface area contributed by atoms with Gasteiger partial charge in [-0.15, -0.1) is 0 Å². The zero-order valence-corrected chi connectivity index (χ0v) is 13.5. The summed E-state index contributed by atoms with van der Waals surface area (Å²) >= 11 is 1.43. The number of anilines is 1. The fourth-order valence-corrected chi connectivity index (χ4v) is 3.33. The van der Waals surface area contributed by atoms with Crippen molar-refractivity contribution in [2.45, 2.75) is 6.92 Å². The van der Waals surface area contributed by atoms with Crippen LogP contribution in [0.4, 0.5) is 5.13 Å². The molecule has 0 aliphatic heterocycles. The van der Waals surface area contributed by atoms with Crippen molar-refractivity contribution >= 4 is 38.9 Å². The maximum atomic E-state index is 11.0. The summed E-state index contributed by atoms with van der Waals surface area (Å²) < 4.78 is 0. The van der Waals surface area contributed by atoms with E-state index in [4.69, 9.17) is 5.11 Å². The minimum Gasteiger partial charge on any atom is -0.478 e.